The summed E-state index contributed by atoms with van der Waals surface area (Å²) in [6.45, 7) is 3.68. The number of aliphatic carboxylic acids is 2. The number of nitrogens with one attached hydrogen (secondary N) is 1. The molecule has 0 radical (unpaired) electrons. The Morgan fingerprint density at radius 1 is 1.38 bits per heavy atom. The number of aromatic amines is 1. The molecule has 5 nitrogen and oxygen atoms in total. The molecule has 1 aromatic rings. The van der Waals surface area contributed by atoms with Gasteiger partial charge < -0.3 is 15.2 Å². The number of hydrogen-bond donors (Lipinski definition) is 3. The maximum absolute atomic E-state index is 10.8. The zero-order chi connectivity index (χ0) is 15.9. The molecule has 0 aliphatic heterocycles. The van der Waals surface area contributed by atoms with Crippen LogP contribution in [0.4, 0.5) is 0 Å². The number of hydrogen-bond acceptors (Lipinski definition) is 2. The van der Waals surface area contributed by atoms with Gasteiger partial charge >= 0.3 is 11.9 Å². The summed E-state index contributed by atoms with van der Waals surface area (Å²) in [6, 6.07) is 4.15. The van der Waals surface area contributed by atoms with Gasteiger partial charge in [0.15, 0.2) is 0 Å². The Hall–Kier alpha value is -2.30. The van der Waals surface area contributed by atoms with Crippen molar-refractivity contribution in [3.05, 3.63) is 47.8 Å². The fourth-order valence-corrected chi connectivity index (χ4v) is 1.98. The molecule has 3 N–H and O–H groups in total. The Morgan fingerprint density at radius 2 is 2.10 bits per heavy atom. The van der Waals surface area contributed by atoms with Crippen LogP contribution in [0, 0.1) is 5.41 Å². The third-order valence-electron chi connectivity index (χ3n) is 3.26. The van der Waals surface area contributed by atoms with Gasteiger partial charge in [0.1, 0.15) is 0 Å². The molecule has 1 aliphatic carbocycles. The highest BCUT2D eigenvalue weighted by molar-refractivity contribution is 5.90. The summed E-state index contributed by atoms with van der Waals surface area (Å²) in [5.74, 6) is -2.06. The van der Waals surface area contributed by atoms with Crippen molar-refractivity contribution in [3.63, 3.8) is 0 Å². The van der Waals surface area contributed by atoms with Gasteiger partial charge in [-0.2, -0.15) is 0 Å². The molecule has 21 heavy (non-hydrogen) atoms. The SMILES string of the molecule is CC1(C(=O)O)C=CC=C(C(=O)O)C1.CCCc1ccc[nH]1. The third-order valence-corrected chi connectivity index (χ3v) is 3.26. The van der Waals surface area contributed by atoms with E-state index in [4.69, 9.17) is 10.2 Å². The van der Waals surface area contributed by atoms with Crippen molar-refractivity contribution < 1.29 is 19.8 Å². The predicted molar refractivity (Wildman–Crippen MR) is 80.0 cm³/mol. The molecule has 0 fully saturated rings. The van der Waals surface area contributed by atoms with E-state index in [1.165, 1.54) is 43.7 Å². The van der Waals surface area contributed by atoms with Gasteiger partial charge in [-0.25, -0.2) is 4.79 Å². The molecule has 5 heteroatoms. The first kappa shape index (κ1) is 16.8. The van der Waals surface area contributed by atoms with Gasteiger partial charge in [0.25, 0.3) is 0 Å². The number of allylic oxidation sites excluding steroid dienone is 2. The Morgan fingerprint density at radius 3 is 2.57 bits per heavy atom. The van der Waals surface area contributed by atoms with Crippen LogP contribution in [0.25, 0.3) is 0 Å². The molecule has 0 spiro atoms. The minimum atomic E-state index is -1.08. The summed E-state index contributed by atoms with van der Waals surface area (Å²) in [7, 11) is 0. The van der Waals surface area contributed by atoms with Crippen molar-refractivity contribution in [2.24, 2.45) is 5.41 Å². The van der Waals surface area contributed by atoms with E-state index in [0.717, 1.165) is 0 Å². The average molecular weight is 291 g/mol. The minimum absolute atomic E-state index is 0.0359. The van der Waals surface area contributed by atoms with Gasteiger partial charge in [0, 0.05) is 17.5 Å². The topological polar surface area (TPSA) is 90.4 Å². The van der Waals surface area contributed by atoms with Crippen LogP contribution in [0.1, 0.15) is 32.4 Å². The quantitative estimate of drug-likeness (QED) is 0.795. The van der Waals surface area contributed by atoms with E-state index in [0.29, 0.717) is 0 Å². The molecular weight excluding hydrogens is 270 g/mol. The number of carbonyl (C=O) groups is 2. The lowest BCUT2D eigenvalue weighted by Crippen LogP contribution is -2.28. The van der Waals surface area contributed by atoms with Crippen molar-refractivity contribution in [3.8, 4) is 0 Å². The van der Waals surface area contributed by atoms with Crippen LogP contribution in [0.2, 0.25) is 0 Å². The first-order valence-electron chi connectivity index (χ1n) is 6.86. The summed E-state index contributed by atoms with van der Waals surface area (Å²) < 4.78 is 0. The highest BCUT2D eigenvalue weighted by Crippen LogP contribution is 2.31. The van der Waals surface area contributed by atoms with E-state index in [2.05, 4.69) is 18.0 Å². The largest absolute Gasteiger partial charge is 0.481 e. The fourth-order valence-electron chi connectivity index (χ4n) is 1.98. The maximum atomic E-state index is 10.8. The lowest BCUT2D eigenvalue weighted by Gasteiger charge is -2.23. The first-order chi connectivity index (χ1) is 9.89. The standard InChI is InChI=1S/C9H10O4.C7H11N/c1-9(8(12)13)4-2-3-6(5-9)7(10)11;1-2-4-7-5-3-6-8-7/h2-4H,5H2,1H3,(H,10,11)(H,12,13);3,5-6,8H,2,4H2,1H3. The smallest absolute Gasteiger partial charge is 0.331 e. The second-order valence-corrected chi connectivity index (χ2v) is 5.20. The molecule has 0 saturated carbocycles. The van der Waals surface area contributed by atoms with Gasteiger partial charge in [-0.1, -0.05) is 31.6 Å². The second kappa shape index (κ2) is 7.47. The van der Waals surface area contributed by atoms with E-state index < -0.39 is 17.4 Å². The lowest BCUT2D eigenvalue weighted by atomic mass is 9.80. The highest BCUT2D eigenvalue weighted by Gasteiger charge is 2.34. The molecule has 1 aliphatic rings. The molecule has 1 heterocycles. The van der Waals surface area contributed by atoms with Crippen LogP contribution in [-0.2, 0) is 16.0 Å². The normalized spacial score (nSPS) is 20.2. The minimum Gasteiger partial charge on any atom is -0.481 e. The van der Waals surface area contributed by atoms with Crippen molar-refractivity contribution in [2.75, 3.05) is 0 Å². The number of H-pyrrole nitrogens is 1. The van der Waals surface area contributed by atoms with Gasteiger partial charge in [0.05, 0.1) is 5.41 Å². The number of carboxylic acid groups (broad SMARTS) is 2. The molecule has 2 rings (SSSR count). The monoisotopic (exact) mass is 291 g/mol. The Kier molecular flexibility index (Phi) is 5.96. The van der Waals surface area contributed by atoms with Crippen LogP contribution >= 0.6 is 0 Å². The average Bonchev–Trinajstić information content (AvgIpc) is 2.93. The molecular formula is C16H21NO4. The second-order valence-electron chi connectivity index (χ2n) is 5.20. The van der Waals surface area contributed by atoms with Crippen molar-refractivity contribution in [2.45, 2.75) is 33.1 Å². The molecule has 0 aromatic carbocycles. The summed E-state index contributed by atoms with van der Waals surface area (Å²) in [5, 5.41) is 17.5. The molecule has 1 unspecified atom stereocenters. The zero-order valence-corrected chi connectivity index (χ0v) is 12.3. The number of carboxylic acids is 2. The zero-order valence-electron chi connectivity index (χ0n) is 12.3. The van der Waals surface area contributed by atoms with Gasteiger partial charge in [-0.3, -0.25) is 4.79 Å². The Labute approximate surface area is 124 Å². The third kappa shape index (κ3) is 4.95. The maximum Gasteiger partial charge on any atom is 0.331 e. The van der Waals surface area contributed by atoms with E-state index in [1.807, 2.05) is 12.3 Å². The molecule has 0 bridgehead atoms. The van der Waals surface area contributed by atoms with Crippen molar-refractivity contribution in [1.82, 2.24) is 4.98 Å². The molecule has 1 aromatic heterocycles. The van der Waals surface area contributed by atoms with Gasteiger partial charge in [-0.15, -0.1) is 0 Å². The Bertz CT molecular complexity index is 543. The predicted octanol–water partition coefficient (Wildman–Crippen LogP) is 3.02. The van der Waals surface area contributed by atoms with Gasteiger partial charge in [-0.05, 0) is 31.9 Å². The van der Waals surface area contributed by atoms with Crippen LogP contribution in [0.3, 0.4) is 0 Å². The van der Waals surface area contributed by atoms with E-state index in [-0.39, 0.29) is 12.0 Å². The summed E-state index contributed by atoms with van der Waals surface area (Å²) in [5.41, 5.74) is 0.391. The summed E-state index contributed by atoms with van der Waals surface area (Å²) in [4.78, 5) is 24.5. The molecule has 1 atom stereocenters. The molecule has 0 saturated heterocycles. The number of aryl methyl sites for hydroxylation is 1. The van der Waals surface area contributed by atoms with Gasteiger partial charge in [0.2, 0.25) is 0 Å². The first-order valence-corrected chi connectivity index (χ1v) is 6.86. The molecule has 114 valence electrons. The van der Waals surface area contributed by atoms with Crippen LogP contribution in [-0.4, -0.2) is 27.1 Å². The summed E-state index contributed by atoms with van der Waals surface area (Å²) >= 11 is 0. The van der Waals surface area contributed by atoms with Crippen LogP contribution in [0.5, 0.6) is 0 Å². The van der Waals surface area contributed by atoms with E-state index >= 15 is 0 Å². The van der Waals surface area contributed by atoms with Crippen LogP contribution < -0.4 is 0 Å². The van der Waals surface area contributed by atoms with E-state index in [9.17, 15) is 9.59 Å². The number of rotatable bonds is 4. The van der Waals surface area contributed by atoms with Crippen molar-refractivity contribution >= 4 is 11.9 Å². The summed E-state index contributed by atoms with van der Waals surface area (Å²) in [6.07, 6.45) is 8.79. The van der Waals surface area contributed by atoms with Crippen molar-refractivity contribution in [1.29, 1.82) is 0 Å². The van der Waals surface area contributed by atoms with Crippen LogP contribution in [0.15, 0.2) is 42.1 Å². The Balaban J connectivity index is 0.000000235. The fraction of sp³-hybridized carbons (Fsp3) is 0.375. The lowest BCUT2D eigenvalue weighted by molar-refractivity contribution is -0.145. The molecule has 0 amide bonds. The van der Waals surface area contributed by atoms with E-state index in [1.54, 1.807) is 0 Å². The number of aromatic nitrogens is 1. The highest BCUT2D eigenvalue weighted by atomic mass is 16.4.